The number of hydrogen-bond acceptors (Lipinski definition) is 6. The highest BCUT2D eigenvalue weighted by molar-refractivity contribution is 7.90. The van der Waals surface area contributed by atoms with Crippen molar-refractivity contribution in [1.82, 2.24) is 10.2 Å². The molecule has 1 fully saturated rings. The summed E-state index contributed by atoms with van der Waals surface area (Å²) in [5.41, 5.74) is 2.93. The first-order valence-electron chi connectivity index (χ1n) is 12.6. The third kappa shape index (κ3) is 4.71. The van der Waals surface area contributed by atoms with Gasteiger partial charge in [0.25, 0.3) is 0 Å². The van der Waals surface area contributed by atoms with Crippen molar-refractivity contribution in [1.29, 1.82) is 0 Å². The number of sulfone groups is 1. The lowest BCUT2D eigenvalue weighted by molar-refractivity contribution is -0.121. The smallest absolute Gasteiger partial charge is 0.220 e. The normalized spacial score (nSPS) is 23.4. The van der Waals surface area contributed by atoms with E-state index in [0.29, 0.717) is 43.2 Å². The summed E-state index contributed by atoms with van der Waals surface area (Å²) in [6.45, 7) is 3.27. The van der Waals surface area contributed by atoms with Crippen molar-refractivity contribution in [2.24, 2.45) is 5.41 Å². The molecule has 0 radical (unpaired) electrons. The summed E-state index contributed by atoms with van der Waals surface area (Å²) in [5.74, 6) is 2.40. The largest absolute Gasteiger partial charge is 0.489 e. The number of fused-ring (bicyclic) bond motifs is 4. The van der Waals surface area contributed by atoms with Crippen molar-refractivity contribution in [2.75, 3.05) is 32.5 Å². The van der Waals surface area contributed by atoms with E-state index in [1.807, 2.05) is 48.5 Å². The van der Waals surface area contributed by atoms with Crippen LogP contribution in [0.4, 0.5) is 0 Å². The molecule has 4 bridgehead atoms. The Morgan fingerprint density at radius 2 is 1.86 bits per heavy atom. The Morgan fingerprint density at radius 1 is 1.05 bits per heavy atom. The summed E-state index contributed by atoms with van der Waals surface area (Å²) in [4.78, 5) is 15.5. The second-order valence-electron chi connectivity index (χ2n) is 10.5. The number of carbonyl (C=O) groups is 1. The fourth-order valence-electron chi connectivity index (χ4n) is 5.87. The fraction of sp³-hybridized carbons (Fsp3) is 0.345. The number of para-hydroxylation sites is 1. The summed E-state index contributed by atoms with van der Waals surface area (Å²) in [6.07, 6.45) is 2.29. The van der Waals surface area contributed by atoms with Gasteiger partial charge in [-0.3, -0.25) is 9.69 Å². The van der Waals surface area contributed by atoms with Gasteiger partial charge in [-0.05, 0) is 47.9 Å². The molecular formula is C29H30N2O5S. The SMILES string of the molecule is CS(=O)(=O)c1ccc(CN2C[C@@H]3c4cccc5c4OC[C@]3(CNC(=O)CCc3cccc(c3)O5)C2)cc1. The summed E-state index contributed by atoms with van der Waals surface area (Å²) < 4.78 is 36.4. The Labute approximate surface area is 217 Å². The van der Waals surface area contributed by atoms with E-state index in [-0.39, 0.29) is 17.2 Å². The molecular weight excluding hydrogens is 488 g/mol. The molecule has 1 saturated heterocycles. The molecule has 7 nitrogen and oxygen atoms in total. The van der Waals surface area contributed by atoms with E-state index >= 15 is 0 Å². The van der Waals surface area contributed by atoms with Crippen molar-refractivity contribution in [3.63, 3.8) is 0 Å². The summed E-state index contributed by atoms with van der Waals surface area (Å²) in [7, 11) is -3.23. The molecule has 3 aromatic rings. The molecule has 0 unspecified atom stereocenters. The van der Waals surface area contributed by atoms with Crippen molar-refractivity contribution < 1.29 is 22.7 Å². The Hall–Kier alpha value is -3.36. The lowest BCUT2D eigenvalue weighted by Gasteiger charge is -2.40. The van der Waals surface area contributed by atoms with Crippen molar-refractivity contribution in [3.8, 4) is 17.2 Å². The predicted molar refractivity (Wildman–Crippen MR) is 140 cm³/mol. The zero-order valence-electron chi connectivity index (χ0n) is 20.8. The van der Waals surface area contributed by atoms with Crippen molar-refractivity contribution in [2.45, 2.75) is 30.2 Å². The van der Waals surface area contributed by atoms with Gasteiger partial charge in [0.1, 0.15) is 5.75 Å². The van der Waals surface area contributed by atoms with E-state index in [4.69, 9.17) is 9.47 Å². The number of hydrogen-bond donors (Lipinski definition) is 1. The molecule has 1 spiro atoms. The van der Waals surface area contributed by atoms with Crippen LogP contribution in [0.15, 0.2) is 71.6 Å². The quantitative estimate of drug-likeness (QED) is 0.566. The van der Waals surface area contributed by atoms with E-state index in [0.717, 1.165) is 41.3 Å². The van der Waals surface area contributed by atoms with Gasteiger partial charge in [0.2, 0.25) is 5.91 Å². The van der Waals surface area contributed by atoms with Gasteiger partial charge in [-0.25, -0.2) is 8.42 Å². The monoisotopic (exact) mass is 518 g/mol. The van der Waals surface area contributed by atoms with E-state index in [1.54, 1.807) is 12.1 Å². The van der Waals surface area contributed by atoms with Crippen LogP contribution in [0, 0.1) is 5.41 Å². The average molecular weight is 519 g/mol. The van der Waals surface area contributed by atoms with Gasteiger partial charge in [-0.1, -0.05) is 36.4 Å². The average Bonchev–Trinajstić information content (AvgIpc) is 3.25. The van der Waals surface area contributed by atoms with Crippen LogP contribution in [-0.4, -0.2) is 51.7 Å². The number of ether oxygens (including phenoxy) is 2. The number of amides is 1. The Kier molecular flexibility index (Phi) is 5.96. The highest BCUT2D eigenvalue weighted by Gasteiger charge is 2.51. The molecule has 0 aliphatic carbocycles. The minimum Gasteiger partial charge on any atom is -0.489 e. The van der Waals surface area contributed by atoms with E-state index in [9.17, 15) is 13.2 Å². The van der Waals surface area contributed by atoms with Gasteiger partial charge in [-0.2, -0.15) is 0 Å². The molecule has 3 aliphatic rings. The maximum absolute atomic E-state index is 12.8. The van der Waals surface area contributed by atoms with Crippen LogP contribution in [0.1, 0.15) is 29.0 Å². The number of rotatable bonds is 3. The summed E-state index contributed by atoms with van der Waals surface area (Å²) in [5, 5.41) is 3.21. The Balaban J connectivity index is 1.33. The second-order valence-corrected chi connectivity index (χ2v) is 12.5. The van der Waals surface area contributed by atoms with Gasteiger partial charge in [-0.15, -0.1) is 0 Å². The summed E-state index contributed by atoms with van der Waals surface area (Å²) in [6, 6.07) is 21.0. The zero-order chi connectivity index (χ0) is 25.6. The molecule has 2 atom stereocenters. The predicted octanol–water partition coefficient (Wildman–Crippen LogP) is 3.92. The lowest BCUT2D eigenvalue weighted by Crippen LogP contribution is -2.48. The number of likely N-dealkylation sites (tertiary alicyclic amines) is 1. The number of nitrogens with one attached hydrogen (secondary N) is 1. The molecule has 192 valence electrons. The maximum atomic E-state index is 12.8. The van der Waals surface area contributed by atoms with Crippen LogP contribution < -0.4 is 14.8 Å². The van der Waals surface area contributed by atoms with Crippen LogP contribution in [0.2, 0.25) is 0 Å². The molecule has 3 aromatic carbocycles. The third-order valence-corrected chi connectivity index (χ3v) is 8.90. The highest BCUT2D eigenvalue weighted by Crippen LogP contribution is 2.52. The summed E-state index contributed by atoms with van der Waals surface area (Å²) >= 11 is 0. The molecule has 37 heavy (non-hydrogen) atoms. The van der Waals surface area contributed by atoms with Crippen LogP contribution in [0.5, 0.6) is 17.2 Å². The van der Waals surface area contributed by atoms with E-state index < -0.39 is 9.84 Å². The molecule has 0 saturated carbocycles. The second kappa shape index (κ2) is 9.19. The standard InChI is InChI=1S/C29H30N2O5S/c1-37(33,34)23-11-8-21(9-12-23)15-31-16-25-24-6-3-7-26-28(24)35-19-29(25,18-31)17-30-27(32)13-10-20-4-2-5-22(14-20)36-26/h2-9,11-12,14,25H,10,13,15-19H2,1H3,(H,30,32)/t25-,29+/m1/s1. The molecule has 0 aromatic heterocycles. The first-order valence-corrected chi connectivity index (χ1v) is 14.5. The van der Waals surface area contributed by atoms with Crippen LogP contribution in [-0.2, 0) is 27.6 Å². The van der Waals surface area contributed by atoms with Gasteiger partial charge in [0.15, 0.2) is 21.3 Å². The van der Waals surface area contributed by atoms with Crippen LogP contribution in [0.25, 0.3) is 0 Å². The minimum atomic E-state index is -3.23. The van der Waals surface area contributed by atoms with Gasteiger partial charge in [0, 0.05) is 55.8 Å². The zero-order valence-corrected chi connectivity index (χ0v) is 21.6. The number of aryl methyl sites for hydroxylation is 1. The van der Waals surface area contributed by atoms with E-state index in [1.165, 1.54) is 6.26 Å². The van der Waals surface area contributed by atoms with E-state index in [2.05, 4.69) is 16.3 Å². The third-order valence-electron chi connectivity index (χ3n) is 7.77. The van der Waals surface area contributed by atoms with Gasteiger partial charge in [0.05, 0.1) is 11.5 Å². The fourth-order valence-corrected chi connectivity index (χ4v) is 6.50. The highest BCUT2D eigenvalue weighted by atomic mass is 32.2. The topological polar surface area (TPSA) is 84.9 Å². The molecule has 6 rings (SSSR count). The van der Waals surface area contributed by atoms with Crippen molar-refractivity contribution >= 4 is 15.7 Å². The molecule has 1 N–H and O–H groups in total. The maximum Gasteiger partial charge on any atom is 0.220 e. The van der Waals surface area contributed by atoms with Crippen LogP contribution >= 0.6 is 0 Å². The van der Waals surface area contributed by atoms with Crippen LogP contribution in [0.3, 0.4) is 0 Å². The number of nitrogens with zero attached hydrogens (tertiary/aromatic N) is 1. The first kappa shape index (κ1) is 24.0. The number of carbonyl (C=O) groups excluding carboxylic acids is 1. The molecule has 3 heterocycles. The van der Waals surface area contributed by atoms with Crippen molar-refractivity contribution in [3.05, 3.63) is 83.4 Å². The molecule has 8 heteroatoms. The molecule has 1 amide bonds. The number of benzene rings is 3. The first-order chi connectivity index (χ1) is 17.8. The Bertz CT molecular complexity index is 1450. The Morgan fingerprint density at radius 3 is 2.68 bits per heavy atom. The molecule has 3 aliphatic heterocycles. The van der Waals surface area contributed by atoms with Gasteiger partial charge < -0.3 is 14.8 Å². The van der Waals surface area contributed by atoms with Gasteiger partial charge >= 0.3 is 0 Å². The minimum absolute atomic E-state index is 0.0332. The lowest BCUT2D eigenvalue weighted by atomic mass is 9.73.